The van der Waals surface area contributed by atoms with Crippen molar-refractivity contribution in [3.8, 4) is 0 Å². The summed E-state index contributed by atoms with van der Waals surface area (Å²) >= 11 is 4.55. The molecule has 1 aromatic heterocycles. The molecule has 6 heteroatoms. The lowest BCUT2D eigenvalue weighted by atomic mass is 10.7. The molecular weight excluding hydrogens is 268 g/mol. The number of carbonyl (C=O) groups excluding carboxylic acids is 1. The first kappa shape index (κ1) is 11.5. The molecule has 1 heterocycles. The number of rotatable bonds is 4. The molecular formula is C8H9BrN2O2S. The summed E-state index contributed by atoms with van der Waals surface area (Å²) < 4.78 is 5.49. The van der Waals surface area contributed by atoms with Crippen LogP contribution in [-0.4, -0.2) is 28.3 Å². The van der Waals surface area contributed by atoms with Crippen molar-refractivity contribution in [2.75, 3.05) is 12.4 Å². The summed E-state index contributed by atoms with van der Waals surface area (Å²) in [5, 5.41) is 0.750. The van der Waals surface area contributed by atoms with Crippen molar-refractivity contribution in [1.82, 2.24) is 9.97 Å². The minimum absolute atomic E-state index is 0.229. The number of ether oxygens (including phenoxy) is 1. The largest absolute Gasteiger partial charge is 0.465 e. The number of hydrogen-bond donors (Lipinski definition) is 0. The third-order valence-electron chi connectivity index (χ3n) is 1.25. The first-order valence-electron chi connectivity index (χ1n) is 3.98. The predicted octanol–water partition coefficient (Wildman–Crippen LogP) is 1.89. The third kappa shape index (κ3) is 4.06. The summed E-state index contributed by atoms with van der Waals surface area (Å²) in [5.74, 6) is 0.0457. The quantitative estimate of drug-likeness (QED) is 0.478. The van der Waals surface area contributed by atoms with E-state index in [-0.39, 0.29) is 11.7 Å². The Morgan fingerprint density at radius 1 is 1.64 bits per heavy atom. The minimum Gasteiger partial charge on any atom is -0.465 e. The van der Waals surface area contributed by atoms with Crippen LogP contribution >= 0.6 is 27.7 Å². The summed E-state index contributed by atoms with van der Waals surface area (Å²) in [4.78, 5) is 18.9. The van der Waals surface area contributed by atoms with Gasteiger partial charge in [-0.15, -0.1) is 0 Å². The molecule has 0 spiro atoms. The fourth-order valence-electron chi connectivity index (χ4n) is 0.732. The van der Waals surface area contributed by atoms with E-state index < -0.39 is 0 Å². The molecule has 0 fully saturated rings. The van der Waals surface area contributed by atoms with Gasteiger partial charge in [-0.1, -0.05) is 11.8 Å². The van der Waals surface area contributed by atoms with Gasteiger partial charge in [0.1, 0.15) is 16.0 Å². The minimum atomic E-state index is -0.229. The Hall–Kier alpha value is -0.620. The van der Waals surface area contributed by atoms with E-state index in [0.717, 1.165) is 5.03 Å². The van der Waals surface area contributed by atoms with Crippen LogP contribution in [0.4, 0.5) is 0 Å². The summed E-state index contributed by atoms with van der Waals surface area (Å²) in [5.41, 5.74) is 0. The molecule has 0 N–H and O–H groups in total. The van der Waals surface area contributed by atoms with Crippen LogP contribution in [0.5, 0.6) is 0 Å². The zero-order valence-corrected chi connectivity index (χ0v) is 9.97. The first-order chi connectivity index (χ1) is 6.72. The molecule has 0 aliphatic rings. The summed E-state index contributed by atoms with van der Waals surface area (Å²) in [6, 6.07) is 1.75. The smallest absolute Gasteiger partial charge is 0.316 e. The molecule has 0 amide bonds. The number of hydrogen-bond acceptors (Lipinski definition) is 5. The number of halogens is 1. The zero-order chi connectivity index (χ0) is 10.4. The Morgan fingerprint density at radius 2 is 2.43 bits per heavy atom. The molecule has 0 atom stereocenters. The van der Waals surface area contributed by atoms with E-state index in [4.69, 9.17) is 4.74 Å². The molecule has 4 nitrogen and oxygen atoms in total. The molecule has 0 saturated heterocycles. The Labute approximate surface area is 94.6 Å². The van der Waals surface area contributed by atoms with Crippen LogP contribution in [0.15, 0.2) is 22.0 Å². The van der Waals surface area contributed by atoms with Crippen LogP contribution < -0.4 is 0 Å². The van der Waals surface area contributed by atoms with E-state index in [1.165, 1.54) is 18.1 Å². The van der Waals surface area contributed by atoms with Crippen LogP contribution in [0.3, 0.4) is 0 Å². The van der Waals surface area contributed by atoms with Gasteiger partial charge >= 0.3 is 5.97 Å². The van der Waals surface area contributed by atoms with E-state index in [1.54, 1.807) is 13.0 Å². The highest BCUT2D eigenvalue weighted by Crippen LogP contribution is 2.17. The average molecular weight is 277 g/mol. The monoisotopic (exact) mass is 276 g/mol. The number of carbonyl (C=O) groups is 1. The fraction of sp³-hybridized carbons (Fsp3) is 0.375. The lowest BCUT2D eigenvalue weighted by molar-refractivity contribution is -0.139. The van der Waals surface area contributed by atoms with Gasteiger partial charge in [-0.25, -0.2) is 9.97 Å². The molecule has 1 rings (SSSR count). The maximum atomic E-state index is 11.0. The average Bonchev–Trinajstić information content (AvgIpc) is 2.15. The summed E-state index contributed by atoms with van der Waals surface area (Å²) in [7, 11) is 0. The Balaban J connectivity index is 2.41. The van der Waals surface area contributed by atoms with Crippen molar-refractivity contribution >= 4 is 33.7 Å². The highest BCUT2D eigenvalue weighted by molar-refractivity contribution is 9.10. The molecule has 0 bridgehead atoms. The lowest BCUT2D eigenvalue weighted by Gasteiger charge is -2.00. The van der Waals surface area contributed by atoms with Gasteiger partial charge in [0.2, 0.25) is 0 Å². The number of aromatic nitrogens is 2. The van der Waals surface area contributed by atoms with Crippen molar-refractivity contribution in [3.05, 3.63) is 17.0 Å². The standard InChI is InChI=1S/C8H9BrN2O2S/c1-2-13-8(12)4-14-7-3-6(9)10-5-11-7/h3,5H,2,4H2,1H3. The van der Waals surface area contributed by atoms with E-state index in [0.29, 0.717) is 11.2 Å². The van der Waals surface area contributed by atoms with Crippen LogP contribution in [0, 0.1) is 0 Å². The number of esters is 1. The lowest BCUT2D eigenvalue weighted by Crippen LogP contribution is -2.06. The van der Waals surface area contributed by atoms with Gasteiger partial charge in [0.25, 0.3) is 0 Å². The van der Waals surface area contributed by atoms with E-state index in [2.05, 4.69) is 25.9 Å². The van der Waals surface area contributed by atoms with Crippen LogP contribution in [0.25, 0.3) is 0 Å². The molecule has 0 aliphatic carbocycles. The van der Waals surface area contributed by atoms with Crippen molar-refractivity contribution < 1.29 is 9.53 Å². The molecule has 0 saturated carbocycles. The van der Waals surface area contributed by atoms with Gasteiger partial charge in [0.15, 0.2) is 0 Å². The molecule has 0 aromatic carbocycles. The van der Waals surface area contributed by atoms with Crippen molar-refractivity contribution in [2.24, 2.45) is 0 Å². The molecule has 1 aromatic rings. The number of thioether (sulfide) groups is 1. The third-order valence-corrected chi connectivity index (χ3v) is 2.58. The highest BCUT2D eigenvalue weighted by atomic mass is 79.9. The molecule has 0 radical (unpaired) electrons. The molecule has 0 aliphatic heterocycles. The first-order valence-corrected chi connectivity index (χ1v) is 5.76. The Kier molecular flexibility index (Phi) is 4.89. The maximum absolute atomic E-state index is 11.0. The van der Waals surface area contributed by atoms with Crippen LogP contribution in [-0.2, 0) is 9.53 Å². The summed E-state index contributed by atoms with van der Waals surface area (Å²) in [6.07, 6.45) is 1.44. The van der Waals surface area contributed by atoms with E-state index in [1.807, 2.05) is 0 Å². The predicted molar refractivity (Wildman–Crippen MR) is 57.1 cm³/mol. The highest BCUT2D eigenvalue weighted by Gasteiger charge is 2.04. The molecule has 0 unspecified atom stereocenters. The fourth-order valence-corrected chi connectivity index (χ4v) is 1.86. The van der Waals surface area contributed by atoms with Gasteiger partial charge < -0.3 is 4.74 Å². The second-order valence-corrected chi connectivity index (χ2v) is 4.08. The van der Waals surface area contributed by atoms with Gasteiger partial charge in [-0.2, -0.15) is 0 Å². The van der Waals surface area contributed by atoms with Crippen LogP contribution in [0.2, 0.25) is 0 Å². The van der Waals surface area contributed by atoms with Gasteiger partial charge in [-0.05, 0) is 22.9 Å². The SMILES string of the molecule is CCOC(=O)CSc1cc(Br)ncn1. The molecule has 76 valence electrons. The second-order valence-electron chi connectivity index (χ2n) is 2.27. The number of nitrogens with zero attached hydrogens (tertiary/aromatic N) is 2. The second kappa shape index (κ2) is 5.98. The zero-order valence-electron chi connectivity index (χ0n) is 7.57. The van der Waals surface area contributed by atoms with Gasteiger partial charge in [0, 0.05) is 6.07 Å². The van der Waals surface area contributed by atoms with Gasteiger partial charge in [-0.3, -0.25) is 4.79 Å². The van der Waals surface area contributed by atoms with Crippen molar-refractivity contribution in [3.63, 3.8) is 0 Å². The van der Waals surface area contributed by atoms with Crippen LogP contribution in [0.1, 0.15) is 6.92 Å². The normalized spacial score (nSPS) is 9.86. The molecule has 14 heavy (non-hydrogen) atoms. The van der Waals surface area contributed by atoms with E-state index in [9.17, 15) is 4.79 Å². The van der Waals surface area contributed by atoms with E-state index >= 15 is 0 Å². The Morgan fingerprint density at radius 3 is 3.07 bits per heavy atom. The topological polar surface area (TPSA) is 52.1 Å². The Bertz CT molecular complexity index is 322. The maximum Gasteiger partial charge on any atom is 0.316 e. The van der Waals surface area contributed by atoms with Gasteiger partial charge in [0.05, 0.1) is 12.4 Å². The van der Waals surface area contributed by atoms with Crippen molar-refractivity contribution in [2.45, 2.75) is 11.9 Å². The van der Waals surface area contributed by atoms with Crippen molar-refractivity contribution in [1.29, 1.82) is 0 Å². The summed E-state index contributed by atoms with van der Waals surface area (Å²) in [6.45, 7) is 2.19.